The molecule has 0 radical (unpaired) electrons. The summed E-state index contributed by atoms with van der Waals surface area (Å²) >= 11 is 11.9. The van der Waals surface area contributed by atoms with Gasteiger partial charge >= 0.3 is 0 Å². The molecule has 1 heterocycles. The van der Waals surface area contributed by atoms with E-state index in [4.69, 9.17) is 28.4 Å². The molecule has 1 atom stereocenters. The van der Waals surface area contributed by atoms with Crippen molar-refractivity contribution in [3.8, 4) is 0 Å². The molecule has 9 heteroatoms. The van der Waals surface area contributed by atoms with E-state index in [1.54, 1.807) is 0 Å². The molecule has 0 bridgehead atoms. The van der Waals surface area contributed by atoms with E-state index in [1.165, 1.54) is 30.3 Å². The molecule has 2 aromatic carbocycles. The van der Waals surface area contributed by atoms with Crippen LogP contribution >= 0.6 is 23.2 Å². The number of hydrogen-bond donors (Lipinski definition) is 3. The van der Waals surface area contributed by atoms with E-state index in [-0.39, 0.29) is 37.8 Å². The number of aliphatic hydroxyl groups is 1. The highest BCUT2D eigenvalue weighted by molar-refractivity contribution is 6.37. The van der Waals surface area contributed by atoms with Gasteiger partial charge in [0.2, 0.25) is 0 Å². The van der Waals surface area contributed by atoms with Gasteiger partial charge in [0.15, 0.2) is 11.4 Å². The molecule has 25 heavy (non-hydrogen) atoms. The largest absolute Gasteiger partial charge is 0.733 e. The Hall–Kier alpha value is -2.16. The van der Waals surface area contributed by atoms with Crippen molar-refractivity contribution in [2.24, 2.45) is 0 Å². The summed E-state index contributed by atoms with van der Waals surface area (Å²) in [7, 11) is 0. The van der Waals surface area contributed by atoms with E-state index in [1.807, 2.05) is 0 Å². The zero-order chi connectivity index (χ0) is 18.4. The van der Waals surface area contributed by atoms with Crippen LogP contribution in [0.3, 0.4) is 0 Å². The predicted molar refractivity (Wildman–Crippen MR) is 92.0 cm³/mol. The maximum atomic E-state index is 12.5. The van der Waals surface area contributed by atoms with Crippen LogP contribution in [0.2, 0.25) is 10.0 Å². The zero-order valence-electron chi connectivity index (χ0n) is 12.5. The first-order valence-electron chi connectivity index (χ1n) is 7.05. The number of benzene rings is 2. The van der Waals surface area contributed by atoms with Crippen molar-refractivity contribution in [3.63, 3.8) is 0 Å². The number of Topliss-reactive ketones (excluding diaryl/α,β-unsaturated/α-hetero) is 1. The van der Waals surface area contributed by atoms with Crippen molar-refractivity contribution in [2.45, 2.75) is 12.0 Å². The van der Waals surface area contributed by atoms with Gasteiger partial charge in [-0.3, -0.25) is 14.8 Å². The summed E-state index contributed by atoms with van der Waals surface area (Å²) in [6.45, 7) is 0. The number of amides is 1. The van der Waals surface area contributed by atoms with Crippen molar-refractivity contribution in [1.82, 2.24) is 0 Å². The van der Waals surface area contributed by atoms with E-state index in [2.05, 4.69) is 5.32 Å². The van der Waals surface area contributed by atoms with Crippen molar-refractivity contribution in [1.29, 1.82) is 0 Å². The SMILES string of the molecule is O=C(CC1(O)C(=O)Nc2c(Cl)cc(Cl)cc21)c1cccc(N([O-])O)c1. The van der Waals surface area contributed by atoms with Gasteiger partial charge in [-0.05, 0) is 24.3 Å². The molecule has 130 valence electrons. The third-order valence-electron chi connectivity index (χ3n) is 3.92. The maximum Gasteiger partial charge on any atom is 0.261 e. The Labute approximate surface area is 151 Å². The molecule has 3 rings (SSSR count). The first-order valence-corrected chi connectivity index (χ1v) is 7.81. The third kappa shape index (κ3) is 3.08. The van der Waals surface area contributed by atoms with E-state index < -0.39 is 23.7 Å². The Bertz CT molecular complexity index is 887. The van der Waals surface area contributed by atoms with Crippen molar-refractivity contribution in [3.05, 3.63) is 62.8 Å². The minimum atomic E-state index is -2.15. The van der Waals surface area contributed by atoms with Gasteiger partial charge < -0.3 is 20.9 Å². The van der Waals surface area contributed by atoms with Gasteiger partial charge in [0.1, 0.15) is 0 Å². The maximum absolute atomic E-state index is 12.5. The monoisotopic (exact) mass is 381 g/mol. The average molecular weight is 382 g/mol. The number of ketones is 1. The summed E-state index contributed by atoms with van der Waals surface area (Å²) in [5.41, 5.74) is -1.95. The zero-order valence-corrected chi connectivity index (χ0v) is 14.0. The van der Waals surface area contributed by atoms with E-state index in [0.29, 0.717) is 0 Å². The summed E-state index contributed by atoms with van der Waals surface area (Å²) in [4.78, 5) is 24.7. The second-order valence-corrected chi connectivity index (χ2v) is 6.39. The Balaban J connectivity index is 1.97. The Morgan fingerprint density at radius 2 is 2.00 bits per heavy atom. The van der Waals surface area contributed by atoms with Crippen molar-refractivity contribution < 1.29 is 19.9 Å². The molecule has 0 aliphatic carbocycles. The van der Waals surface area contributed by atoms with Gasteiger partial charge in [-0.1, -0.05) is 35.3 Å². The van der Waals surface area contributed by atoms with Crippen LogP contribution in [0.25, 0.3) is 0 Å². The fourth-order valence-corrected chi connectivity index (χ4v) is 3.21. The molecule has 3 N–H and O–H groups in total. The van der Waals surface area contributed by atoms with Crippen LogP contribution < -0.4 is 10.5 Å². The summed E-state index contributed by atoms with van der Waals surface area (Å²) < 4.78 is 0. The first kappa shape index (κ1) is 17.7. The molecular weight excluding hydrogens is 371 g/mol. The summed E-state index contributed by atoms with van der Waals surface area (Å²) in [5, 5.41) is 33.1. The quantitative estimate of drug-likeness (QED) is 0.553. The Morgan fingerprint density at radius 1 is 1.28 bits per heavy atom. The lowest BCUT2D eigenvalue weighted by Gasteiger charge is -2.23. The minimum Gasteiger partial charge on any atom is -0.733 e. The van der Waals surface area contributed by atoms with Gasteiger partial charge in [0, 0.05) is 16.1 Å². The predicted octanol–water partition coefficient (Wildman–Crippen LogP) is 3.10. The smallest absolute Gasteiger partial charge is 0.261 e. The lowest BCUT2D eigenvalue weighted by molar-refractivity contribution is -0.133. The van der Waals surface area contributed by atoms with Gasteiger partial charge in [-0.2, -0.15) is 0 Å². The van der Waals surface area contributed by atoms with E-state index in [9.17, 15) is 19.9 Å². The highest BCUT2D eigenvalue weighted by Gasteiger charge is 2.47. The fourth-order valence-electron chi connectivity index (χ4n) is 2.67. The molecular formula is C16H11Cl2N2O5-. The van der Waals surface area contributed by atoms with E-state index in [0.717, 1.165) is 6.07 Å². The van der Waals surface area contributed by atoms with Crippen LogP contribution in [0.5, 0.6) is 0 Å². The van der Waals surface area contributed by atoms with Crippen molar-refractivity contribution in [2.75, 3.05) is 10.5 Å². The molecule has 1 unspecified atom stereocenters. The lowest BCUT2D eigenvalue weighted by Crippen LogP contribution is -2.36. The highest BCUT2D eigenvalue weighted by atomic mass is 35.5. The van der Waals surface area contributed by atoms with Crippen LogP contribution in [0.1, 0.15) is 22.3 Å². The van der Waals surface area contributed by atoms with Crippen LogP contribution in [-0.4, -0.2) is 22.0 Å². The molecule has 0 aromatic heterocycles. The molecule has 0 fully saturated rings. The summed E-state index contributed by atoms with van der Waals surface area (Å²) in [5.74, 6) is -1.41. The Morgan fingerprint density at radius 3 is 2.68 bits per heavy atom. The van der Waals surface area contributed by atoms with Gasteiger partial charge in [0.25, 0.3) is 5.91 Å². The van der Waals surface area contributed by atoms with Crippen LogP contribution in [0.15, 0.2) is 36.4 Å². The first-order chi connectivity index (χ1) is 11.7. The molecule has 2 aromatic rings. The number of fused-ring (bicyclic) bond motifs is 1. The molecule has 7 nitrogen and oxygen atoms in total. The molecule has 1 amide bonds. The fraction of sp³-hybridized carbons (Fsp3) is 0.125. The number of nitrogens with zero attached hydrogens (tertiary/aromatic N) is 1. The Kier molecular flexibility index (Phi) is 4.44. The van der Waals surface area contributed by atoms with E-state index >= 15 is 0 Å². The lowest BCUT2D eigenvalue weighted by atomic mass is 9.88. The highest BCUT2D eigenvalue weighted by Crippen LogP contribution is 2.44. The number of carbonyl (C=O) groups excluding carboxylic acids is 2. The van der Waals surface area contributed by atoms with Crippen LogP contribution in [-0.2, 0) is 10.4 Å². The van der Waals surface area contributed by atoms with Crippen LogP contribution in [0.4, 0.5) is 11.4 Å². The number of hydrogen-bond acceptors (Lipinski definition) is 6. The van der Waals surface area contributed by atoms with Gasteiger partial charge in [0.05, 0.1) is 22.8 Å². The molecule has 0 spiro atoms. The second-order valence-electron chi connectivity index (χ2n) is 5.55. The molecule has 0 saturated carbocycles. The third-order valence-corrected chi connectivity index (χ3v) is 4.44. The number of anilines is 2. The second kappa shape index (κ2) is 6.29. The minimum absolute atomic E-state index is 0.0511. The number of nitrogens with one attached hydrogen (secondary N) is 1. The van der Waals surface area contributed by atoms with Gasteiger partial charge in [-0.25, -0.2) is 0 Å². The average Bonchev–Trinajstić information content (AvgIpc) is 2.80. The molecule has 1 aliphatic heterocycles. The summed E-state index contributed by atoms with van der Waals surface area (Å²) in [6, 6.07) is 8.01. The normalized spacial score (nSPS) is 18.7. The van der Waals surface area contributed by atoms with Crippen LogP contribution in [0, 0.1) is 5.21 Å². The van der Waals surface area contributed by atoms with Gasteiger partial charge in [-0.15, -0.1) is 0 Å². The standard InChI is InChI=1S/C16H11Cl2N2O5/c17-9-5-11-14(12(18)6-9)19-15(22)16(11,23)7-13(21)8-2-1-3-10(4-8)20(24)25/h1-6,23-24H,7H2,(H,19,22)/q-1. The number of carbonyl (C=O) groups is 2. The number of halogens is 2. The van der Waals surface area contributed by atoms with Crippen molar-refractivity contribution >= 4 is 46.3 Å². The molecule has 1 aliphatic rings. The topological polar surface area (TPSA) is 113 Å². The number of rotatable bonds is 4. The molecule has 0 saturated heterocycles. The summed E-state index contributed by atoms with van der Waals surface area (Å²) in [6.07, 6.45) is -0.587.